The Hall–Kier alpha value is -1.84. The summed E-state index contributed by atoms with van der Waals surface area (Å²) in [6, 6.07) is 17.6. The van der Waals surface area contributed by atoms with Crippen LogP contribution < -0.4 is 4.90 Å². The van der Waals surface area contributed by atoms with E-state index < -0.39 is 0 Å². The Bertz CT molecular complexity index is 642. The van der Waals surface area contributed by atoms with Crippen LogP contribution in [0.5, 0.6) is 0 Å². The molecule has 1 atom stereocenters. The summed E-state index contributed by atoms with van der Waals surface area (Å²) in [5.41, 5.74) is 2.16. The summed E-state index contributed by atoms with van der Waals surface area (Å²) < 4.78 is 0. The molecule has 4 heteroatoms. The maximum Gasteiger partial charge on any atom is 0.244 e. The van der Waals surface area contributed by atoms with Crippen molar-refractivity contribution < 1.29 is 4.79 Å². The van der Waals surface area contributed by atoms with Gasteiger partial charge in [0.25, 0.3) is 0 Å². The van der Waals surface area contributed by atoms with Crippen molar-refractivity contribution in [1.29, 1.82) is 0 Å². The maximum absolute atomic E-state index is 12.7. The number of rotatable bonds is 3. The quantitative estimate of drug-likeness (QED) is 0.864. The lowest BCUT2D eigenvalue weighted by atomic mass is 10.1. The van der Waals surface area contributed by atoms with Gasteiger partial charge in [-0.15, -0.1) is 0 Å². The van der Waals surface area contributed by atoms with Crippen molar-refractivity contribution in [1.82, 2.24) is 4.90 Å². The molecular weight excluding hydrogens is 296 g/mol. The van der Waals surface area contributed by atoms with Crippen LogP contribution in [0.25, 0.3) is 0 Å². The lowest BCUT2D eigenvalue weighted by Gasteiger charge is -2.39. The van der Waals surface area contributed by atoms with Crippen molar-refractivity contribution in [3.8, 4) is 0 Å². The van der Waals surface area contributed by atoms with E-state index in [1.165, 1.54) is 5.56 Å². The number of anilines is 1. The van der Waals surface area contributed by atoms with Crippen molar-refractivity contribution in [2.45, 2.75) is 19.5 Å². The van der Waals surface area contributed by atoms with Crippen LogP contribution in [0.1, 0.15) is 12.5 Å². The average molecular weight is 315 g/mol. The molecule has 1 aliphatic rings. The van der Waals surface area contributed by atoms with E-state index >= 15 is 0 Å². The number of halogens is 1. The van der Waals surface area contributed by atoms with Crippen LogP contribution in [0.3, 0.4) is 0 Å². The first-order chi connectivity index (χ1) is 10.6. The van der Waals surface area contributed by atoms with Gasteiger partial charge in [0, 0.05) is 30.3 Å². The summed E-state index contributed by atoms with van der Waals surface area (Å²) >= 11 is 5.92. The fourth-order valence-corrected chi connectivity index (χ4v) is 2.95. The predicted molar refractivity (Wildman–Crippen MR) is 90.1 cm³/mol. The molecule has 0 saturated carbocycles. The lowest BCUT2D eigenvalue weighted by Crippen LogP contribution is -2.55. The lowest BCUT2D eigenvalue weighted by molar-refractivity contribution is -0.125. The summed E-state index contributed by atoms with van der Waals surface area (Å²) in [7, 11) is 0. The van der Waals surface area contributed by atoms with Gasteiger partial charge in [0.15, 0.2) is 0 Å². The molecule has 1 unspecified atom stereocenters. The van der Waals surface area contributed by atoms with E-state index in [4.69, 9.17) is 11.6 Å². The molecule has 3 rings (SSSR count). The van der Waals surface area contributed by atoms with Crippen LogP contribution in [-0.4, -0.2) is 29.9 Å². The molecule has 0 radical (unpaired) electrons. The van der Waals surface area contributed by atoms with E-state index in [-0.39, 0.29) is 11.9 Å². The standard InChI is InChI=1S/C18H19ClN2O/c1-14-18(22)21(17-9-7-16(19)8-10-17)12-11-20(14)13-15-5-3-2-4-6-15/h2-10,14H,11-13H2,1H3. The second-order valence-electron chi connectivity index (χ2n) is 5.60. The molecule has 0 bridgehead atoms. The van der Waals surface area contributed by atoms with Crippen molar-refractivity contribution in [3.05, 3.63) is 65.2 Å². The Balaban J connectivity index is 1.72. The van der Waals surface area contributed by atoms with Crippen LogP contribution >= 0.6 is 11.6 Å². The first kappa shape index (κ1) is 15.1. The second kappa shape index (κ2) is 6.51. The zero-order valence-corrected chi connectivity index (χ0v) is 13.3. The summed E-state index contributed by atoms with van der Waals surface area (Å²) in [4.78, 5) is 16.7. The summed E-state index contributed by atoms with van der Waals surface area (Å²) in [6.45, 7) is 4.36. The fourth-order valence-electron chi connectivity index (χ4n) is 2.83. The molecule has 0 N–H and O–H groups in total. The molecular formula is C18H19ClN2O. The number of piperazine rings is 1. The fraction of sp³-hybridized carbons (Fsp3) is 0.278. The summed E-state index contributed by atoms with van der Waals surface area (Å²) in [5, 5.41) is 0.687. The third-order valence-corrected chi connectivity index (χ3v) is 4.40. The number of carbonyl (C=O) groups excluding carboxylic acids is 1. The van der Waals surface area contributed by atoms with E-state index in [1.807, 2.05) is 54.3 Å². The molecule has 114 valence electrons. The predicted octanol–water partition coefficient (Wildman–Crippen LogP) is 3.58. The number of nitrogens with zero attached hydrogens (tertiary/aromatic N) is 2. The highest BCUT2D eigenvalue weighted by Gasteiger charge is 2.32. The van der Waals surface area contributed by atoms with E-state index in [1.54, 1.807) is 0 Å². The Morgan fingerprint density at radius 2 is 1.73 bits per heavy atom. The highest BCUT2D eigenvalue weighted by atomic mass is 35.5. The van der Waals surface area contributed by atoms with E-state index in [2.05, 4.69) is 17.0 Å². The van der Waals surface area contributed by atoms with Crippen molar-refractivity contribution in [2.75, 3.05) is 18.0 Å². The minimum atomic E-state index is -0.121. The van der Waals surface area contributed by atoms with Crippen molar-refractivity contribution in [2.24, 2.45) is 0 Å². The summed E-state index contributed by atoms with van der Waals surface area (Å²) in [5.74, 6) is 0.143. The Kier molecular flexibility index (Phi) is 4.46. The number of benzene rings is 2. The molecule has 2 aromatic carbocycles. The SMILES string of the molecule is CC1C(=O)N(c2ccc(Cl)cc2)CCN1Cc1ccccc1. The van der Waals surface area contributed by atoms with Gasteiger partial charge in [-0.05, 0) is 36.8 Å². The largest absolute Gasteiger partial charge is 0.310 e. The van der Waals surface area contributed by atoms with Gasteiger partial charge in [-0.3, -0.25) is 9.69 Å². The molecule has 2 aromatic rings. The van der Waals surface area contributed by atoms with E-state index in [0.717, 1.165) is 18.8 Å². The smallest absolute Gasteiger partial charge is 0.244 e. The van der Waals surface area contributed by atoms with Crippen LogP contribution in [0, 0.1) is 0 Å². The molecule has 3 nitrogen and oxygen atoms in total. The second-order valence-corrected chi connectivity index (χ2v) is 6.03. The monoisotopic (exact) mass is 314 g/mol. The van der Waals surface area contributed by atoms with Crippen molar-refractivity contribution >= 4 is 23.2 Å². The number of carbonyl (C=O) groups is 1. The topological polar surface area (TPSA) is 23.6 Å². The zero-order valence-electron chi connectivity index (χ0n) is 12.6. The molecule has 0 spiro atoms. The molecule has 1 saturated heterocycles. The number of hydrogen-bond donors (Lipinski definition) is 0. The minimum Gasteiger partial charge on any atom is -0.310 e. The molecule has 1 aliphatic heterocycles. The third-order valence-electron chi connectivity index (χ3n) is 4.15. The Morgan fingerprint density at radius 1 is 1.05 bits per heavy atom. The molecule has 1 heterocycles. The third kappa shape index (κ3) is 3.16. The number of amides is 1. The average Bonchev–Trinajstić information content (AvgIpc) is 2.54. The Labute approximate surface area is 136 Å². The van der Waals surface area contributed by atoms with Crippen molar-refractivity contribution in [3.63, 3.8) is 0 Å². The first-order valence-corrected chi connectivity index (χ1v) is 7.88. The Morgan fingerprint density at radius 3 is 2.41 bits per heavy atom. The highest BCUT2D eigenvalue weighted by molar-refractivity contribution is 6.30. The van der Waals surface area contributed by atoms with Gasteiger partial charge < -0.3 is 4.90 Å². The van der Waals surface area contributed by atoms with Gasteiger partial charge in [-0.2, -0.15) is 0 Å². The molecule has 0 aliphatic carbocycles. The van der Waals surface area contributed by atoms with Gasteiger partial charge in [0.1, 0.15) is 0 Å². The normalized spacial score (nSPS) is 19.5. The van der Waals surface area contributed by atoms with Gasteiger partial charge in [0.2, 0.25) is 5.91 Å². The van der Waals surface area contributed by atoms with Gasteiger partial charge in [-0.1, -0.05) is 41.9 Å². The van der Waals surface area contributed by atoms with E-state index in [9.17, 15) is 4.79 Å². The van der Waals surface area contributed by atoms with Crippen LogP contribution in [-0.2, 0) is 11.3 Å². The number of hydrogen-bond acceptors (Lipinski definition) is 2. The zero-order chi connectivity index (χ0) is 15.5. The summed E-state index contributed by atoms with van der Waals surface area (Å²) in [6.07, 6.45) is 0. The first-order valence-electron chi connectivity index (χ1n) is 7.50. The van der Waals surface area contributed by atoms with Crippen LogP contribution in [0.2, 0.25) is 5.02 Å². The van der Waals surface area contributed by atoms with Gasteiger partial charge in [-0.25, -0.2) is 0 Å². The molecule has 0 aromatic heterocycles. The minimum absolute atomic E-state index is 0.121. The molecule has 1 fully saturated rings. The highest BCUT2D eigenvalue weighted by Crippen LogP contribution is 2.23. The maximum atomic E-state index is 12.7. The van der Waals surface area contributed by atoms with Gasteiger partial charge in [0.05, 0.1) is 6.04 Å². The molecule has 22 heavy (non-hydrogen) atoms. The van der Waals surface area contributed by atoms with Crippen LogP contribution in [0.15, 0.2) is 54.6 Å². The van der Waals surface area contributed by atoms with Gasteiger partial charge >= 0.3 is 0 Å². The molecule has 1 amide bonds. The van der Waals surface area contributed by atoms with Crippen LogP contribution in [0.4, 0.5) is 5.69 Å². The van der Waals surface area contributed by atoms with E-state index in [0.29, 0.717) is 11.6 Å².